The molecule has 0 saturated carbocycles. The van der Waals surface area contributed by atoms with Gasteiger partial charge in [-0.15, -0.1) is 5.53 Å². The van der Waals surface area contributed by atoms with Crippen molar-refractivity contribution in [2.75, 3.05) is 19.1 Å². The topological polar surface area (TPSA) is 114 Å². The molecule has 27 heavy (non-hydrogen) atoms. The van der Waals surface area contributed by atoms with Crippen LogP contribution in [-0.2, 0) is 9.53 Å². The number of benzene rings is 1. The minimum Gasteiger partial charge on any atom is -0.469 e. The summed E-state index contributed by atoms with van der Waals surface area (Å²) in [5.41, 5.74) is 9.31. The second-order valence-electron chi connectivity index (χ2n) is 5.72. The minimum absolute atomic E-state index is 0.167. The zero-order chi connectivity index (χ0) is 19.6. The Morgan fingerprint density at radius 3 is 2.59 bits per heavy atom. The molecular weight excluding hydrogens is 350 g/mol. The summed E-state index contributed by atoms with van der Waals surface area (Å²) in [7, 11) is 1.30. The third-order valence-corrected chi connectivity index (χ3v) is 3.60. The van der Waals surface area contributed by atoms with Crippen molar-refractivity contribution in [2.24, 2.45) is 5.92 Å². The highest BCUT2D eigenvalue weighted by Gasteiger charge is 2.13. The van der Waals surface area contributed by atoms with Gasteiger partial charge in [-0.25, -0.2) is 4.79 Å². The van der Waals surface area contributed by atoms with Crippen LogP contribution in [0.25, 0.3) is 0 Å². The summed E-state index contributed by atoms with van der Waals surface area (Å²) in [5.74, 6) is 0.546. The molecule has 0 saturated heterocycles. The molecule has 0 radical (unpaired) electrons. The van der Waals surface area contributed by atoms with Crippen molar-refractivity contribution in [1.29, 1.82) is 0 Å². The highest BCUT2D eigenvalue weighted by molar-refractivity contribution is 5.76. The summed E-state index contributed by atoms with van der Waals surface area (Å²) in [6, 6.07) is 10.3. The number of hydrogen-bond donors (Lipinski definition) is 4. The lowest BCUT2D eigenvalue weighted by atomic mass is 10.2. The van der Waals surface area contributed by atoms with Crippen LogP contribution in [-0.4, -0.2) is 30.6 Å². The largest absolute Gasteiger partial charge is 0.469 e. The van der Waals surface area contributed by atoms with E-state index in [-0.39, 0.29) is 12.5 Å². The van der Waals surface area contributed by atoms with Gasteiger partial charge in [0.15, 0.2) is 0 Å². The lowest BCUT2D eigenvalue weighted by Crippen LogP contribution is -2.48. The maximum atomic E-state index is 11.6. The molecule has 2 aromatic rings. The summed E-state index contributed by atoms with van der Waals surface area (Å²) in [4.78, 5) is 27.1. The first-order valence-corrected chi connectivity index (χ1v) is 8.32. The molecule has 144 valence electrons. The number of nitrogens with zero attached hydrogens (tertiary/aromatic N) is 1. The number of esters is 1. The van der Waals surface area contributed by atoms with E-state index >= 15 is 0 Å². The van der Waals surface area contributed by atoms with Crippen LogP contribution in [0.1, 0.15) is 12.6 Å². The SMILES string of the molecule is COC(=O)[C@@H](C)CNC(=O)NNNc1ccc(Oc2cccnc2C)cc1. The monoisotopic (exact) mass is 373 g/mol. The molecule has 1 aromatic heterocycles. The predicted molar refractivity (Wildman–Crippen MR) is 100.0 cm³/mol. The van der Waals surface area contributed by atoms with E-state index in [1.54, 1.807) is 37.4 Å². The average molecular weight is 373 g/mol. The lowest BCUT2D eigenvalue weighted by Gasteiger charge is -2.13. The second kappa shape index (κ2) is 9.97. The minimum atomic E-state index is -0.481. The third kappa shape index (κ3) is 6.48. The molecule has 0 aliphatic carbocycles. The molecule has 0 spiro atoms. The fourth-order valence-corrected chi connectivity index (χ4v) is 2.05. The number of aryl methyl sites for hydroxylation is 1. The normalized spacial score (nSPS) is 11.2. The first-order valence-electron chi connectivity index (χ1n) is 8.32. The van der Waals surface area contributed by atoms with Gasteiger partial charge in [-0.3, -0.25) is 15.2 Å². The fourth-order valence-electron chi connectivity index (χ4n) is 2.05. The summed E-state index contributed by atoms with van der Waals surface area (Å²) >= 11 is 0. The van der Waals surface area contributed by atoms with Crippen LogP contribution in [0.3, 0.4) is 0 Å². The molecule has 0 fully saturated rings. The highest BCUT2D eigenvalue weighted by Crippen LogP contribution is 2.24. The molecule has 1 aromatic carbocycles. The number of rotatable bonds is 8. The summed E-state index contributed by atoms with van der Waals surface area (Å²) in [5, 5.41) is 2.55. The number of anilines is 1. The molecule has 2 rings (SSSR count). The smallest absolute Gasteiger partial charge is 0.330 e. The van der Waals surface area contributed by atoms with Crippen molar-refractivity contribution in [3.63, 3.8) is 0 Å². The number of methoxy groups -OCH3 is 1. The van der Waals surface area contributed by atoms with E-state index in [0.29, 0.717) is 17.2 Å². The Kier molecular flexibility index (Phi) is 7.38. The number of nitrogens with one attached hydrogen (secondary N) is 4. The summed E-state index contributed by atoms with van der Waals surface area (Å²) < 4.78 is 10.3. The molecule has 9 heteroatoms. The van der Waals surface area contributed by atoms with Crippen LogP contribution in [0, 0.1) is 12.8 Å². The molecule has 9 nitrogen and oxygen atoms in total. The number of urea groups is 1. The van der Waals surface area contributed by atoms with E-state index in [4.69, 9.17) is 4.74 Å². The van der Waals surface area contributed by atoms with Gasteiger partial charge in [0, 0.05) is 12.7 Å². The van der Waals surface area contributed by atoms with Crippen LogP contribution in [0.4, 0.5) is 10.5 Å². The van der Waals surface area contributed by atoms with Crippen LogP contribution in [0.15, 0.2) is 42.6 Å². The number of pyridine rings is 1. The zero-order valence-electron chi connectivity index (χ0n) is 15.4. The van der Waals surface area contributed by atoms with Gasteiger partial charge in [0.25, 0.3) is 0 Å². The summed E-state index contributed by atoms with van der Waals surface area (Å²) in [6.07, 6.45) is 1.71. The standard InChI is InChI=1S/C18H23N5O4/c1-12(17(24)26-3)11-20-18(25)22-23-21-14-6-8-15(9-7-14)27-16-5-4-10-19-13(16)2/h4-10,12,21,23H,11H2,1-3H3,(H2,20,22,25)/t12-/m0/s1. The number of carbonyl (C=O) groups is 2. The van der Waals surface area contributed by atoms with Gasteiger partial charge in [-0.2, -0.15) is 0 Å². The number of carbonyl (C=O) groups excluding carboxylic acids is 2. The van der Waals surface area contributed by atoms with Gasteiger partial charge in [0.05, 0.1) is 24.4 Å². The first kappa shape index (κ1) is 20.0. The van der Waals surface area contributed by atoms with Gasteiger partial charge >= 0.3 is 12.0 Å². The Labute approximate surface area is 157 Å². The highest BCUT2D eigenvalue weighted by atomic mass is 16.5. The molecule has 0 bridgehead atoms. The van der Waals surface area contributed by atoms with Crippen molar-refractivity contribution < 1.29 is 19.1 Å². The molecule has 4 N–H and O–H groups in total. The Morgan fingerprint density at radius 2 is 1.93 bits per heavy atom. The molecule has 2 amide bonds. The Hall–Kier alpha value is -3.33. The number of amides is 2. The van der Waals surface area contributed by atoms with E-state index in [0.717, 1.165) is 5.69 Å². The number of ether oxygens (including phenoxy) is 2. The van der Waals surface area contributed by atoms with Crippen molar-refractivity contribution in [1.82, 2.24) is 21.3 Å². The lowest BCUT2D eigenvalue weighted by molar-refractivity contribution is -0.144. The van der Waals surface area contributed by atoms with E-state index < -0.39 is 11.9 Å². The molecule has 0 aliphatic heterocycles. The Bertz CT molecular complexity index is 767. The van der Waals surface area contributed by atoms with E-state index in [9.17, 15) is 9.59 Å². The number of hydrogen-bond acceptors (Lipinski definition) is 7. The molecular formula is C18H23N5O4. The number of hydrazine groups is 2. The van der Waals surface area contributed by atoms with Crippen LogP contribution >= 0.6 is 0 Å². The predicted octanol–water partition coefficient (Wildman–Crippen LogP) is 2.12. The molecule has 0 unspecified atom stereocenters. The van der Waals surface area contributed by atoms with Crippen LogP contribution in [0.5, 0.6) is 11.5 Å². The van der Waals surface area contributed by atoms with Gasteiger partial charge < -0.3 is 20.2 Å². The van der Waals surface area contributed by atoms with E-state index in [2.05, 4.69) is 31.4 Å². The summed E-state index contributed by atoms with van der Waals surface area (Å²) in [6.45, 7) is 3.70. The molecule has 1 atom stereocenters. The van der Waals surface area contributed by atoms with Gasteiger partial charge in [0.2, 0.25) is 0 Å². The molecule has 1 heterocycles. The third-order valence-electron chi connectivity index (χ3n) is 3.60. The first-order chi connectivity index (χ1) is 13.0. The van der Waals surface area contributed by atoms with Crippen molar-refractivity contribution >= 4 is 17.7 Å². The average Bonchev–Trinajstić information content (AvgIpc) is 2.68. The second-order valence-corrected chi connectivity index (χ2v) is 5.72. The van der Waals surface area contributed by atoms with Crippen LogP contribution < -0.4 is 26.4 Å². The van der Waals surface area contributed by atoms with Gasteiger partial charge in [-0.1, -0.05) is 6.92 Å². The maximum absolute atomic E-state index is 11.6. The quantitative estimate of drug-likeness (QED) is 0.414. The van der Waals surface area contributed by atoms with Crippen molar-refractivity contribution in [3.8, 4) is 11.5 Å². The van der Waals surface area contributed by atoms with E-state index in [1.165, 1.54) is 7.11 Å². The molecule has 0 aliphatic rings. The zero-order valence-corrected chi connectivity index (χ0v) is 15.4. The Morgan fingerprint density at radius 1 is 1.19 bits per heavy atom. The number of aromatic nitrogens is 1. The van der Waals surface area contributed by atoms with Crippen molar-refractivity contribution in [2.45, 2.75) is 13.8 Å². The maximum Gasteiger partial charge on any atom is 0.330 e. The van der Waals surface area contributed by atoms with E-state index in [1.807, 2.05) is 19.1 Å². The van der Waals surface area contributed by atoms with Crippen molar-refractivity contribution in [3.05, 3.63) is 48.3 Å². The Balaban J connectivity index is 1.73. The van der Waals surface area contributed by atoms with Gasteiger partial charge in [0.1, 0.15) is 11.5 Å². The van der Waals surface area contributed by atoms with Crippen LogP contribution in [0.2, 0.25) is 0 Å². The fraction of sp³-hybridized carbons (Fsp3) is 0.278. The van der Waals surface area contributed by atoms with Gasteiger partial charge in [-0.05, 0) is 43.3 Å².